The van der Waals surface area contributed by atoms with Crippen LogP contribution in [0.2, 0.25) is 0 Å². The van der Waals surface area contributed by atoms with Gasteiger partial charge in [-0.15, -0.1) is 0 Å². The molecule has 1 atom stereocenters. The van der Waals surface area contributed by atoms with Crippen LogP contribution in [0.1, 0.15) is 31.2 Å². The lowest BCUT2D eigenvalue weighted by atomic mass is 9.93. The molecule has 21 heavy (non-hydrogen) atoms. The Kier molecular flexibility index (Phi) is 5.49. The molecule has 5 nitrogen and oxygen atoms in total. The first-order chi connectivity index (χ1) is 10.1. The lowest BCUT2D eigenvalue weighted by molar-refractivity contribution is -0.137. The number of pyridine rings is 1. The number of carboxylic acids is 1. The van der Waals surface area contributed by atoms with Crippen LogP contribution >= 0.6 is 0 Å². The van der Waals surface area contributed by atoms with Gasteiger partial charge in [0.15, 0.2) is 0 Å². The third kappa shape index (κ3) is 5.02. The number of piperidine rings is 1. The third-order valence-electron chi connectivity index (χ3n) is 3.70. The highest BCUT2D eigenvalue weighted by Crippen LogP contribution is 2.21. The molecule has 1 aliphatic rings. The van der Waals surface area contributed by atoms with E-state index in [1.165, 1.54) is 0 Å². The predicted octanol–water partition coefficient (Wildman–Crippen LogP) is 2.20. The molecule has 112 valence electrons. The Balaban J connectivity index is 1.87. The number of nitrogens with zero attached hydrogens (tertiary/aromatic N) is 2. The molecule has 0 radical (unpaired) electrons. The Morgan fingerprint density at radius 2 is 2.33 bits per heavy atom. The molecule has 1 N–H and O–H groups in total. The molecular formula is C16H20N2O3. The van der Waals surface area contributed by atoms with Crippen molar-refractivity contribution in [2.75, 3.05) is 13.1 Å². The lowest BCUT2D eigenvalue weighted by Crippen LogP contribution is -2.39. The molecule has 1 aromatic heterocycles. The number of hydrogen-bond donors (Lipinski definition) is 1. The quantitative estimate of drug-likeness (QED) is 0.843. The number of hydrogen-bond acceptors (Lipinski definition) is 3. The maximum atomic E-state index is 12.2. The van der Waals surface area contributed by atoms with Gasteiger partial charge in [0, 0.05) is 38.0 Å². The molecule has 2 rings (SSSR count). The van der Waals surface area contributed by atoms with E-state index < -0.39 is 5.97 Å². The second kappa shape index (κ2) is 7.57. The first-order valence-corrected chi connectivity index (χ1v) is 7.24. The first kappa shape index (κ1) is 15.2. The smallest absolute Gasteiger partial charge is 0.303 e. The van der Waals surface area contributed by atoms with E-state index >= 15 is 0 Å². The summed E-state index contributed by atoms with van der Waals surface area (Å²) in [6.45, 7) is 1.41. The topological polar surface area (TPSA) is 70.5 Å². The minimum Gasteiger partial charge on any atom is -0.481 e. The molecular weight excluding hydrogens is 268 g/mol. The maximum Gasteiger partial charge on any atom is 0.303 e. The van der Waals surface area contributed by atoms with Crippen LogP contribution in [0.4, 0.5) is 0 Å². The van der Waals surface area contributed by atoms with Gasteiger partial charge in [-0.2, -0.15) is 0 Å². The lowest BCUT2D eigenvalue weighted by Gasteiger charge is -2.32. The zero-order valence-corrected chi connectivity index (χ0v) is 11.9. The van der Waals surface area contributed by atoms with Gasteiger partial charge >= 0.3 is 5.97 Å². The Hall–Kier alpha value is -2.17. The highest BCUT2D eigenvalue weighted by atomic mass is 16.4. The highest BCUT2D eigenvalue weighted by Gasteiger charge is 2.22. The first-order valence-electron chi connectivity index (χ1n) is 7.24. The van der Waals surface area contributed by atoms with Crippen molar-refractivity contribution in [3.8, 4) is 0 Å². The summed E-state index contributed by atoms with van der Waals surface area (Å²) >= 11 is 0. The highest BCUT2D eigenvalue weighted by molar-refractivity contribution is 5.91. The summed E-state index contributed by atoms with van der Waals surface area (Å²) in [6, 6.07) is 3.72. The zero-order chi connectivity index (χ0) is 15.1. The summed E-state index contributed by atoms with van der Waals surface area (Å²) in [5, 5.41) is 8.73. The van der Waals surface area contributed by atoms with Crippen molar-refractivity contribution in [1.82, 2.24) is 9.88 Å². The van der Waals surface area contributed by atoms with Crippen LogP contribution in [0, 0.1) is 5.92 Å². The van der Waals surface area contributed by atoms with E-state index in [-0.39, 0.29) is 12.3 Å². The fourth-order valence-electron chi connectivity index (χ4n) is 2.58. The molecule has 5 heteroatoms. The standard InChI is InChI=1S/C16H20N2O3/c19-15(7-5-13-3-1-9-17-11-13)18-10-2-4-14(12-18)6-8-16(20)21/h1,3,5,7,9,11,14H,2,4,6,8,10,12H2,(H,20,21). The molecule has 0 aliphatic carbocycles. The van der Waals surface area contributed by atoms with Gasteiger partial charge in [0.05, 0.1) is 0 Å². The van der Waals surface area contributed by atoms with Gasteiger partial charge in [0.2, 0.25) is 5.91 Å². The van der Waals surface area contributed by atoms with Crippen molar-refractivity contribution in [1.29, 1.82) is 0 Å². The largest absolute Gasteiger partial charge is 0.481 e. The molecule has 0 bridgehead atoms. The van der Waals surface area contributed by atoms with E-state index in [2.05, 4.69) is 4.98 Å². The summed E-state index contributed by atoms with van der Waals surface area (Å²) in [5.74, 6) is -0.487. The fraction of sp³-hybridized carbons (Fsp3) is 0.438. The van der Waals surface area contributed by atoms with Gasteiger partial charge in [-0.1, -0.05) is 6.07 Å². The van der Waals surface area contributed by atoms with Gasteiger partial charge < -0.3 is 10.0 Å². The van der Waals surface area contributed by atoms with E-state index in [0.717, 1.165) is 24.9 Å². The molecule has 1 amide bonds. The molecule has 0 saturated carbocycles. The second-order valence-corrected chi connectivity index (χ2v) is 5.34. The zero-order valence-electron chi connectivity index (χ0n) is 11.9. The molecule has 0 spiro atoms. The van der Waals surface area contributed by atoms with Crippen molar-refractivity contribution >= 4 is 18.0 Å². The van der Waals surface area contributed by atoms with Gasteiger partial charge in [-0.3, -0.25) is 14.6 Å². The monoisotopic (exact) mass is 288 g/mol. The number of likely N-dealkylation sites (tertiary alicyclic amines) is 1. The number of aromatic nitrogens is 1. The van der Waals surface area contributed by atoms with Crippen molar-refractivity contribution in [3.63, 3.8) is 0 Å². The van der Waals surface area contributed by atoms with Crippen LogP contribution in [0.25, 0.3) is 6.08 Å². The molecule has 2 heterocycles. The van der Waals surface area contributed by atoms with Crippen molar-refractivity contribution < 1.29 is 14.7 Å². The number of carbonyl (C=O) groups excluding carboxylic acids is 1. The minimum absolute atomic E-state index is 0.0149. The number of carboxylic acid groups (broad SMARTS) is 1. The van der Waals surface area contributed by atoms with Gasteiger partial charge in [0.1, 0.15) is 0 Å². The fourth-order valence-corrected chi connectivity index (χ4v) is 2.58. The molecule has 1 aromatic rings. The molecule has 1 unspecified atom stereocenters. The average Bonchev–Trinajstić information content (AvgIpc) is 2.52. The van der Waals surface area contributed by atoms with E-state index in [1.807, 2.05) is 17.0 Å². The average molecular weight is 288 g/mol. The van der Waals surface area contributed by atoms with Gasteiger partial charge in [-0.05, 0) is 42.9 Å². The maximum absolute atomic E-state index is 12.2. The van der Waals surface area contributed by atoms with Crippen LogP contribution in [0.15, 0.2) is 30.6 Å². The third-order valence-corrected chi connectivity index (χ3v) is 3.70. The SMILES string of the molecule is O=C(O)CCC1CCCN(C(=O)C=Cc2cccnc2)C1. The molecule has 0 aromatic carbocycles. The second-order valence-electron chi connectivity index (χ2n) is 5.34. The van der Waals surface area contributed by atoms with Gasteiger partial charge in [-0.25, -0.2) is 0 Å². The Morgan fingerprint density at radius 1 is 1.48 bits per heavy atom. The van der Waals surface area contributed by atoms with Gasteiger partial charge in [0.25, 0.3) is 0 Å². The molecule has 1 fully saturated rings. The Labute approximate surface area is 124 Å². The minimum atomic E-state index is -0.769. The Bertz CT molecular complexity index is 514. The summed E-state index contributed by atoms with van der Waals surface area (Å²) < 4.78 is 0. The van der Waals surface area contributed by atoms with Crippen LogP contribution in [0.5, 0.6) is 0 Å². The number of amides is 1. The van der Waals surface area contributed by atoms with Crippen LogP contribution < -0.4 is 0 Å². The van der Waals surface area contributed by atoms with Crippen molar-refractivity contribution in [3.05, 3.63) is 36.2 Å². The number of aliphatic carboxylic acids is 1. The van der Waals surface area contributed by atoms with E-state index in [1.54, 1.807) is 24.5 Å². The van der Waals surface area contributed by atoms with Crippen LogP contribution in [0.3, 0.4) is 0 Å². The molecule has 1 saturated heterocycles. The summed E-state index contributed by atoms with van der Waals surface area (Å²) in [6.07, 6.45) is 9.49. The van der Waals surface area contributed by atoms with E-state index in [9.17, 15) is 9.59 Å². The Morgan fingerprint density at radius 3 is 3.05 bits per heavy atom. The number of rotatable bonds is 5. The van der Waals surface area contributed by atoms with Crippen LogP contribution in [-0.2, 0) is 9.59 Å². The predicted molar refractivity (Wildman–Crippen MR) is 79.4 cm³/mol. The summed E-state index contributed by atoms with van der Waals surface area (Å²) in [5.41, 5.74) is 0.894. The van der Waals surface area contributed by atoms with E-state index in [0.29, 0.717) is 18.9 Å². The summed E-state index contributed by atoms with van der Waals surface area (Å²) in [4.78, 5) is 28.6. The van der Waals surface area contributed by atoms with Crippen molar-refractivity contribution in [2.45, 2.75) is 25.7 Å². The normalized spacial score (nSPS) is 18.9. The van der Waals surface area contributed by atoms with Crippen molar-refractivity contribution in [2.24, 2.45) is 5.92 Å². The number of carbonyl (C=O) groups is 2. The van der Waals surface area contributed by atoms with Crippen LogP contribution in [-0.4, -0.2) is 40.0 Å². The van der Waals surface area contributed by atoms with E-state index in [4.69, 9.17) is 5.11 Å². The molecule has 1 aliphatic heterocycles. The summed E-state index contributed by atoms with van der Waals surface area (Å²) in [7, 11) is 0.